The summed E-state index contributed by atoms with van der Waals surface area (Å²) in [5.41, 5.74) is 2.41. The number of aromatic nitrogens is 1. The van der Waals surface area contributed by atoms with Gasteiger partial charge < -0.3 is 4.74 Å². The van der Waals surface area contributed by atoms with Gasteiger partial charge in [0.15, 0.2) is 0 Å². The second-order valence-electron chi connectivity index (χ2n) is 4.45. The summed E-state index contributed by atoms with van der Waals surface area (Å²) < 4.78 is 6.18. The van der Waals surface area contributed by atoms with E-state index in [1.54, 1.807) is 23.5 Å². The summed E-state index contributed by atoms with van der Waals surface area (Å²) in [6, 6.07) is 15.3. The van der Waals surface area contributed by atoms with Crippen molar-refractivity contribution in [2.24, 2.45) is 0 Å². The van der Waals surface area contributed by atoms with Crippen LogP contribution in [0.25, 0.3) is 20.8 Å². The Balaban J connectivity index is 1.95. The standard InChI is InChI=1S/C17H13NO2S/c1-2-10-20-17(19)13-7-5-6-12(11-13)16-18-14-8-3-4-9-15(14)21-16/h2-9,11H,1,10H2. The number of ether oxygens (including phenoxy) is 1. The summed E-state index contributed by atoms with van der Waals surface area (Å²) in [6.07, 6.45) is 1.55. The maximum Gasteiger partial charge on any atom is 0.338 e. The minimum atomic E-state index is -0.349. The van der Waals surface area contributed by atoms with E-state index in [-0.39, 0.29) is 12.6 Å². The summed E-state index contributed by atoms with van der Waals surface area (Å²) in [5.74, 6) is -0.349. The van der Waals surface area contributed by atoms with Gasteiger partial charge in [0, 0.05) is 5.56 Å². The first-order chi connectivity index (χ1) is 10.3. The SMILES string of the molecule is C=CCOC(=O)c1cccc(-c2nc3ccccc3s2)c1. The van der Waals surface area contributed by atoms with E-state index >= 15 is 0 Å². The van der Waals surface area contributed by atoms with Gasteiger partial charge in [-0.1, -0.05) is 36.9 Å². The molecule has 0 aliphatic carbocycles. The maximum atomic E-state index is 11.9. The zero-order valence-corrected chi connectivity index (χ0v) is 12.1. The van der Waals surface area contributed by atoms with Crippen LogP contribution in [0.2, 0.25) is 0 Å². The van der Waals surface area contributed by atoms with Crippen LogP contribution >= 0.6 is 11.3 Å². The van der Waals surface area contributed by atoms with Crippen molar-refractivity contribution in [1.82, 2.24) is 4.98 Å². The van der Waals surface area contributed by atoms with Crippen LogP contribution in [0.3, 0.4) is 0 Å². The Bertz CT molecular complexity index is 774. The number of hydrogen-bond acceptors (Lipinski definition) is 4. The lowest BCUT2D eigenvalue weighted by molar-refractivity contribution is 0.0550. The molecule has 0 N–H and O–H groups in total. The van der Waals surface area contributed by atoms with E-state index in [2.05, 4.69) is 11.6 Å². The summed E-state index contributed by atoms with van der Waals surface area (Å²) in [4.78, 5) is 16.5. The summed E-state index contributed by atoms with van der Waals surface area (Å²) in [5, 5.41) is 0.898. The molecule has 1 heterocycles. The molecule has 2 aromatic carbocycles. The molecule has 0 aliphatic rings. The molecule has 0 fully saturated rings. The quantitative estimate of drug-likeness (QED) is 0.532. The highest BCUT2D eigenvalue weighted by Gasteiger charge is 2.10. The van der Waals surface area contributed by atoms with Crippen molar-refractivity contribution in [3.8, 4) is 10.6 Å². The van der Waals surface area contributed by atoms with Gasteiger partial charge >= 0.3 is 5.97 Å². The van der Waals surface area contributed by atoms with Crippen molar-refractivity contribution in [2.45, 2.75) is 0 Å². The molecule has 4 heteroatoms. The lowest BCUT2D eigenvalue weighted by Gasteiger charge is -2.03. The highest BCUT2D eigenvalue weighted by Crippen LogP contribution is 2.30. The van der Waals surface area contributed by atoms with Crippen molar-refractivity contribution in [1.29, 1.82) is 0 Å². The fourth-order valence-corrected chi connectivity index (χ4v) is 2.95. The van der Waals surface area contributed by atoms with Crippen LogP contribution < -0.4 is 0 Å². The van der Waals surface area contributed by atoms with Gasteiger partial charge in [-0.25, -0.2) is 9.78 Å². The molecule has 0 atom stereocenters. The van der Waals surface area contributed by atoms with E-state index in [9.17, 15) is 4.79 Å². The number of carbonyl (C=O) groups is 1. The highest BCUT2D eigenvalue weighted by molar-refractivity contribution is 7.21. The van der Waals surface area contributed by atoms with Crippen molar-refractivity contribution in [3.63, 3.8) is 0 Å². The molecular weight excluding hydrogens is 282 g/mol. The smallest absolute Gasteiger partial charge is 0.338 e. The molecule has 21 heavy (non-hydrogen) atoms. The Kier molecular flexibility index (Phi) is 3.79. The van der Waals surface area contributed by atoms with E-state index in [0.717, 1.165) is 20.8 Å². The minimum Gasteiger partial charge on any atom is -0.458 e. The lowest BCUT2D eigenvalue weighted by atomic mass is 10.1. The fraction of sp³-hybridized carbons (Fsp3) is 0.0588. The summed E-state index contributed by atoms with van der Waals surface area (Å²) in [7, 11) is 0. The van der Waals surface area contributed by atoms with Crippen LogP contribution in [0.1, 0.15) is 10.4 Å². The number of benzene rings is 2. The van der Waals surface area contributed by atoms with E-state index in [1.165, 1.54) is 0 Å². The molecule has 0 unspecified atom stereocenters. The first kappa shape index (κ1) is 13.5. The minimum absolute atomic E-state index is 0.212. The molecule has 0 amide bonds. The second-order valence-corrected chi connectivity index (χ2v) is 5.49. The predicted molar refractivity (Wildman–Crippen MR) is 85.5 cm³/mol. The predicted octanol–water partition coefficient (Wildman–Crippen LogP) is 4.31. The molecule has 0 saturated carbocycles. The third kappa shape index (κ3) is 2.85. The number of carbonyl (C=O) groups excluding carboxylic acids is 1. The molecule has 0 radical (unpaired) electrons. The van der Waals surface area contributed by atoms with Gasteiger partial charge in [0.2, 0.25) is 0 Å². The van der Waals surface area contributed by atoms with Crippen LogP contribution in [0, 0.1) is 0 Å². The van der Waals surface area contributed by atoms with E-state index < -0.39 is 0 Å². The first-order valence-corrected chi connectivity index (χ1v) is 7.33. The largest absolute Gasteiger partial charge is 0.458 e. The Morgan fingerprint density at radius 2 is 2.10 bits per heavy atom. The van der Waals surface area contributed by atoms with Gasteiger partial charge in [-0.05, 0) is 24.3 Å². The molecule has 3 aromatic rings. The topological polar surface area (TPSA) is 39.2 Å². The number of thiazole rings is 1. The molecule has 104 valence electrons. The third-order valence-electron chi connectivity index (χ3n) is 2.97. The number of hydrogen-bond donors (Lipinski definition) is 0. The van der Waals surface area contributed by atoms with Crippen molar-refractivity contribution < 1.29 is 9.53 Å². The number of rotatable bonds is 4. The molecular formula is C17H13NO2S. The van der Waals surface area contributed by atoms with Gasteiger partial charge in [0.05, 0.1) is 15.8 Å². The summed E-state index contributed by atoms with van der Waals surface area (Å²) >= 11 is 1.61. The Morgan fingerprint density at radius 1 is 1.24 bits per heavy atom. The molecule has 0 saturated heterocycles. The second kappa shape index (κ2) is 5.89. The van der Waals surface area contributed by atoms with Crippen molar-refractivity contribution in [2.75, 3.05) is 6.61 Å². The van der Waals surface area contributed by atoms with Crippen molar-refractivity contribution in [3.05, 3.63) is 66.7 Å². The van der Waals surface area contributed by atoms with E-state index in [4.69, 9.17) is 4.74 Å². The van der Waals surface area contributed by atoms with Crippen molar-refractivity contribution >= 4 is 27.5 Å². The zero-order chi connectivity index (χ0) is 14.7. The first-order valence-electron chi connectivity index (χ1n) is 6.52. The van der Waals surface area contributed by atoms with Gasteiger partial charge in [-0.3, -0.25) is 0 Å². The van der Waals surface area contributed by atoms with E-state index in [0.29, 0.717) is 5.56 Å². The summed E-state index contributed by atoms with van der Waals surface area (Å²) in [6.45, 7) is 3.74. The number of fused-ring (bicyclic) bond motifs is 1. The van der Waals surface area contributed by atoms with Crippen LogP contribution in [0.4, 0.5) is 0 Å². The lowest BCUT2D eigenvalue weighted by Crippen LogP contribution is -2.04. The normalized spacial score (nSPS) is 10.5. The third-order valence-corrected chi connectivity index (χ3v) is 4.06. The van der Waals surface area contributed by atoms with Gasteiger partial charge in [-0.2, -0.15) is 0 Å². The van der Waals surface area contributed by atoms with E-state index in [1.807, 2.05) is 42.5 Å². The monoisotopic (exact) mass is 295 g/mol. The van der Waals surface area contributed by atoms with Gasteiger partial charge in [0.25, 0.3) is 0 Å². The molecule has 3 nitrogen and oxygen atoms in total. The Labute approximate surface area is 126 Å². The number of para-hydroxylation sites is 1. The van der Waals surface area contributed by atoms with Crippen LogP contribution in [-0.2, 0) is 4.74 Å². The number of nitrogens with zero attached hydrogens (tertiary/aromatic N) is 1. The van der Waals surface area contributed by atoms with Gasteiger partial charge in [0.1, 0.15) is 11.6 Å². The highest BCUT2D eigenvalue weighted by atomic mass is 32.1. The molecule has 0 bridgehead atoms. The van der Waals surface area contributed by atoms with Crippen LogP contribution in [0.5, 0.6) is 0 Å². The molecule has 3 rings (SSSR count). The molecule has 1 aromatic heterocycles. The molecule has 0 spiro atoms. The zero-order valence-electron chi connectivity index (χ0n) is 11.3. The molecule has 0 aliphatic heterocycles. The average molecular weight is 295 g/mol. The van der Waals surface area contributed by atoms with Gasteiger partial charge in [-0.15, -0.1) is 11.3 Å². The fourth-order valence-electron chi connectivity index (χ4n) is 1.99. The van der Waals surface area contributed by atoms with Crippen LogP contribution in [-0.4, -0.2) is 17.6 Å². The Hall–Kier alpha value is -2.46. The Morgan fingerprint density at radius 3 is 2.90 bits per heavy atom. The number of esters is 1. The van der Waals surface area contributed by atoms with Crippen LogP contribution in [0.15, 0.2) is 61.2 Å². The maximum absolute atomic E-state index is 11.9. The average Bonchev–Trinajstić information content (AvgIpc) is 2.97.